The molecule has 0 saturated carbocycles. The Bertz CT molecular complexity index is 631. The predicted molar refractivity (Wildman–Crippen MR) is 125 cm³/mol. The predicted octanol–water partition coefficient (Wildman–Crippen LogP) is 9.15. The average molecular weight is 385 g/mol. The van der Waals surface area contributed by atoms with Gasteiger partial charge in [0.1, 0.15) is 0 Å². The van der Waals surface area contributed by atoms with Gasteiger partial charge in [0.15, 0.2) is 0 Å². The second-order valence-electron chi connectivity index (χ2n) is 8.14. The highest BCUT2D eigenvalue weighted by atomic mass is 32.1. The summed E-state index contributed by atoms with van der Waals surface area (Å²) >= 11 is 4.79. The van der Waals surface area contributed by atoms with Gasteiger partial charge in [-0.25, -0.2) is 0 Å². The highest BCUT2D eigenvalue weighted by molar-refractivity contribution is 7.80. The van der Waals surface area contributed by atoms with Gasteiger partial charge in [0.2, 0.25) is 0 Å². The molecule has 0 aliphatic rings. The van der Waals surface area contributed by atoms with Crippen LogP contribution < -0.4 is 0 Å². The van der Waals surface area contributed by atoms with Crippen LogP contribution >= 0.6 is 12.6 Å². The summed E-state index contributed by atoms with van der Waals surface area (Å²) in [6.07, 6.45) is 21.0. The van der Waals surface area contributed by atoms with E-state index in [1.54, 1.807) is 0 Å². The Labute approximate surface area is 173 Å². The second kappa shape index (κ2) is 14.1. The van der Waals surface area contributed by atoms with Crippen molar-refractivity contribution in [2.45, 2.75) is 108 Å². The van der Waals surface area contributed by atoms with Crippen LogP contribution in [0.25, 0.3) is 10.8 Å². The third-order valence-corrected chi connectivity index (χ3v) is 6.31. The zero-order valence-electron chi connectivity index (χ0n) is 17.5. The van der Waals surface area contributed by atoms with Gasteiger partial charge in [-0.1, -0.05) is 127 Å². The molecule has 0 radical (unpaired) electrons. The van der Waals surface area contributed by atoms with Crippen LogP contribution in [-0.2, 0) is 6.42 Å². The van der Waals surface area contributed by atoms with Crippen LogP contribution in [0.5, 0.6) is 0 Å². The van der Waals surface area contributed by atoms with E-state index >= 15 is 0 Å². The van der Waals surface area contributed by atoms with Crippen molar-refractivity contribution in [2.24, 2.45) is 0 Å². The SMILES string of the molecule is CCCCCCCCCCCCCCCCc1ccc2ccccc2c1S. The molecule has 27 heavy (non-hydrogen) atoms. The molecule has 0 aliphatic carbocycles. The molecule has 0 heterocycles. The summed E-state index contributed by atoms with van der Waals surface area (Å²) in [7, 11) is 0. The molecule has 2 aromatic rings. The third kappa shape index (κ3) is 8.73. The molecule has 0 bridgehead atoms. The highest BCUT2D eigenvalue weighted by Gasteiger charge is 2.04. The fourth-order valence-corrected chi connectivity index (χ4v) is 4.40. The van der Waals surface area contributed by atoms with Crippen LogP contribution in [0.15, 0.2) is 41.3 Å². The Hall–Kier alpha value is -0.950. The Kier molecular flexibility index (Phi) is 11.7. The van der Waals surface area contributed by atoms with Crippen molar-refractivity contribution in [2.75, 3.05) is 0 Å². The summed E-state index contributed by atoms with van der Waals surface area (Å²) < 4.78 is 0. The number of thiol groups is 1. The van der Waals surface area contributed by atoms with Crippen molar-refractivity contribution in [3.63, 3.8) is 0 Å². The standard InChI is InChI=1S/C26H40S/c1-2-3-4-5-6-7-8-9-10-11-12-13-14-15-19-24-22-21-23-18-16-17-20-25(23)26(24)27/h16-18,20-22,27H,2-15,19H2,1H3. The summed E-state index contributed by atoms with van der Waals surface area (Å²) in [6, 6.07) is 13.1. The number of hydrogen-bond acceptors (Lipinski definition) is 1. The van der Waals surface area contributed by atoms with Crippen molar-refractivity contribution >= 4 is 23.4 Å². The smallest absolute Gasteiger partial charge is 0.0151 e. The molecule has 0 spiro atoms. The Balaban J connectivity index is 1.46. The van der Waals surface area contributed by atoms with E-state index in [2.05, 4.69) is 43.3 Å². The van der Waals surface area contributed by atoms with Crippen molar-refractivity contribution in [3.8, 4) is 0 Å². The summed E-state index contributed by atoms with van der Waals surface area (Å²) in [6.45, 7) is 2.29. The van der Waals surface area contributed by atoms with Gasteiger partial charge in [-0.2, -0.15) is 0 Å². The Morgan fingerprint density at radius 1 is 0.593 bits per heavy atom. The van der Waals surface area contributed by atoms with Gasteiger partial charge >= 0.3 is 0 Å². The maximum atomic E-state index is 4.79. The van der Waals surface area contributed by atoms with E-state index in [0.29, 0.717) is 0 Å². The second-order valence-corrected chi connectivity index (χ2v) is 8.59. The minimum Gasteiger partial charge on any atom is -0.143 e. The molecule has 0 atom stereocenters. The van der Waals surface area contributed by atoms with Crippen molar-refractivity contribution in [3.05, 3.63) is 42.0 Å². The first-order valence-corrected chi connectivity index (χ1v) is 12.0. The van der Waals surface area contributed by atoms with Crippen molar-refractivity contribution < 1.29 is 0 Å². The van der Waals surface area contributed by atoms with E-state index in [9.17, 15) is 0 Å². The van der Waals surface area contributed by atoms with Crippen LogP contribution in [0.1, 0.15) is 102 Å². The minimum atomic E-state index is 1.17. The normalized spacial score (nSPS) is 11.3. The van der Waals surface area contributed by atoms with Crippen LogP contribution in [0.4, 0.5) is 0 Å². The first-order valence-electron chi connectivity index (χ1n) is 11.5. The summed E-state index contributed by atoms with van der Waals surface area (Å²) in [5.41, 5.74) is 1.41. The third-order valence-electron chi connectivity index (χ3n) is 5.78. The molecule has 0 aromatic heterocycles. The molecule has 1 heteroatoms. The Morgan fingerprint density at radius 3 is 1.70 bits per heavy atom. The number of rotatable bonds is 15. The van der Waals surface area contributed by atoms with Crippen LogP contribution in [0.2, 0.25) is 0 Å². The zero-order valence-corrected chi connectivity index (χ0v) is 18.4. The quantitative estimate of drug-likeness (QED) is 0.229. The van der Waals surface area contributed by atoms with Gasteiger partial charge in [0.25, 0.3) is 0 Å². The molecule has 2 rings (SSSR count). The maximum absolute atomic E-state index is 4.79. The van der Waals surface area contributed by atoms with Gasteiger partial charge < -0.3 is 0 Å². The number of fused-ring (bicyclic) bond motifs is 1. The molecule has 0 nitrogen and oxygen atoms in total. The molecule has 2 aromatic carbocycles. The zero-order chi connectivity index (χ0) is 19.2. The highest BCUT2D eigenvalue weighted by Crippen LogP contribution is 2.27. The summed E-state index contributed by atoms with van der Waals surface area (Å²) in [5.74, 6) is 0. The minimum absolute atomic E-state index is 1.17. The lowest BCUT2D eigenvalue weighted by Crippen LogP contribution is -1.90. The van der Waals surface area contributed by atoms with Gasteiger partial charge in [-0.3, -0.25) is 0 Å². The molecule has 0 N–H and O–H groups in total. The molecule has 0 saturated heterocycles. The van der Waals surface area contributed by atoms with Gasteiger partial charge in [-0.05, 0) is 29.2 Å². The lowest BCUT2D eigenvalue weighted by molar-refractivity contribution is 0.535. The molecule has 0 amide bonds. The lowest BCUT2D eigenvalue weighted by atomic mass is 10.0. The first kappa shape index (κ1) is 22.3. The summed E-state index contributed by atoms with van der Waals surface area (Å²) in [5, 5.41) is 2.59. The van der Waals surface area contributed by atoms with E-state index in [1.807, 2.05) is 0 Å². The first-order chi connectivity index (χ1) is 13.3. The van der Waals surface area contributed by atoms with E-state index in [4.69, 9.17) is 12.6 Å². The van der Waals surface area contributed by atoms with Crippen LogP contribution in [0.3, 0.4) is 0 Å². The van der Waals surface area contributed by atoms with Gasteiger partial charge in [-0.15, -0.1) is 12.6 Å². The van der Waals surface area contributed by atoms with E-state index in [1.165, 1.54) is 118 Å². The van der Waals surface area contributed by atoms with Crippen molar-refractivity contribution in [1.82, 2.24) is 0 Å². The lowest BCUT2D eigenvalue weighted by Gasteiger charge is -2.09. The fourth-order valence-electron chi connectivity index (χ4n) is 4.01. The Morgan fingerprint density at radius 2 is 1.11 bits per heavy atom. The largest absolute Gasteiger partial charge is 0.143 e. The monoisotopic (exact) mass is 384 g/mol. The van der Waals surface area contributed by atoms with Crippen molar-refractivity contribution in [1.29, 1.82) is 0 Å². The van der Waals surface area contributed by atoms with Crippen LogP contribution in [0, 0.1) is 0 Å². The molecule has 0 unspecified atom stereocenters. The fraction of sp³-hybridized carbons (Fsp3) is 0.615. The number of unbranched alkanes of at least 4 members (excludes halogenated alkanes) is 13. The maximum Gasteiger partial charge on any atom is 0.0151 e. The molecule has 0 fully saturated rings. The van der Waals surface area contributed by atoms with Crippen LogP contribution in [-0.4, -0.2) is 0 Å². The molecule has 150 valence electrons. The van der Waals surface area contributed by atoms with Gasteiger partial charge in [0, 0.05) is 4.90 Å². The number of aryl methyl sites for hydroxylation is 1. The molecular formula is C26H40S. The summed E-state index contributed by atoms with van der Waals surface area (Å²) in [4.78, 5) is 1.18. The number of benzene rings is 2. The van der Waals surface area contributed by atoms with Gasteiger partial charge in [0.05, 0.1) is 0 Å². The topological polar surface area (TPSA) is 0 Å². The van der Waals surface area contributed by atoms with E-state index < -0.39 is 0 Å². The number of hydrogen-bond donors (Lipinski definition) is 1. The average Bonchev–Trinajstić information content (AvgIpc) is 2.70. The molecule has 0 aliphatic heterocycles. The molecular weight excluding hydrogens is 344 g/mol. The van der Waals surface area contributed by atoms with E-state index in [0.717, 1.165) is 0 Å². The van der Waals surface area contributed by atoms with E-state index in [-0.39, 0.29) is 0 Å².